The van der Waals surface area contributed by atoms with Gasteiger partial charge in [0.05, 0.1) is 0 Å². The molecule has 2 aromatic carbocycles. The summed E-state index contributed by atoms with van der Waals surface area (Å²) in [5.41, 5.74) is 2.81. The smallest absolute Gasteiger partial charge is 0.253 e. The molecule has 0 aliphatic carbocycles. The quantitative estimate of drug-likeness (QED) is 0.254. The van der Waals surface area contributed by atoms with E-state index >= 15 is 0 Å². The Balaban J connectivity index is 1.52. The molecule has 0 unspecified atom stereocenters. The molecule has 0 aliphatic rings. The number of halogens is 1. The van der Waals surface area contributed by atoms with Crippen LogP contribution in [0, 0.1) is 0 Å². The number of rotatable bonds is 13. The van der Waals surface area contributed by atoms with Crippen LogP contribution in [0.3, 0.4) is 0 Å². The number of hydrogen-bond acceptors (Lipinski definition) is 5. The summed E-state index contributed by atoms with van der Waals surface area (Å²) in [4.78, 5) is 27.3. The maximum Gasteiger partial charge on any atom is 0.253 e. The van der Waals surface area contributed by atoms with Gasteiger partial charge in [0.1, 0.15) is 5.01 Å². The Labute approximate surface area is 216 Å². The highest BCUT2D eigenvalue weighted by Gasteiger charge is 2.17. The molecule has 0 spiro atoms. The number of anilines is 1. The van der Waals surface area contributed by atoms with Gasteiger partial charge in [0.25, 0.3) is 5.91 Å². The van der Waals surface area contributed by atoms with Crippen LogP contribution in [-0.2, 0) is 11.2 Å². The Kier molecular flexibility index (Phi) is 10.7. The van der Waals surface area contributed by atoms with Crippen molar-refractivity contribution < 1.29 is 9.59 Å². The zero-order chi connectivity index (χ0) is 25.0. The fourth-order valence-corrected chi connectivity index (χ4v) is 4.63. The first kappa shape index (κ1) is 26.8. The van der Waals surface area contributed by atoms with Crippen molar-refractivity contribution in [1.29, 1.82) is 0 Å². The Hall–Kier alpha value is -2.77. The van der Waals surface area contributed by atoms with Crippen molar-refractivity contribution in [3.05, 3.63) is 64.7 Å². The van der Waals surface area contributed by atoms with Crippen molar-refractivity contribution >= 4 is 39.9 Å². The number of nitrogens with zero attached hydrogens (tertiary/aromatic N) is 3. The van der Waals surface area contributed by atoms with E-state index in [1.165, 1.54) is 42.6 Å². The summed E-state index contributed by atoms with van der Waals surface area (Å²) >= 11 is 7.23. The Morgan fingerprint density at radius 2 is 1.66 bits per heavy atom. The van der Waals surface area contributed by atoms with E-state index in [1.807, 2.05) is 43.3 Å². The Morgan fingerprint density at radius 1 is 0.914 bits per heavy atom. The molecule has 3 aromatic rings. The number of hydrogen-bond donors (Lipinski definition) is 1. The predicted molar refractivity (Wildman–Crippen MR) is 144 cm³/mol. The van der Waals surface area contributed by atoms with E-state index < -0.39 is 0 Å². The first-order valence-electron chi connectivity index (χ1n) is 12.3. The van der Waals surface area contributed by atoms with Gasteiger partial charge in [0.15, 0.2) is 0 Å². The van der Waals surface area contributed by atoms with Crippen molar-refractivity contribution in [3.8, 4) is 10.6 Å². The molecule has 1 N–H and O–H groups in total. The lowest BCUT2D eigenvalue weighted by molar-refractivity contribution is -0.116. The average Bonchev–Trinajstić information content (AvgIpc) is 3.33. The zero-order valence-corrected chi connectivity index (χ0v) is 22.0. The summed E-state index contributed by atoms with van der Waals surface area (Å²) in [6.45, 7) is 5.19. The molecule has 0 atom stereocenters. The van der Waals surface area contributed by atoms with Crippen LogP contribution >= 0.6 is 22.9 Å². The summed E-state index contributed by atoms with van der Waals surface area (Å²) in [7, 11) is 0. The Bertz CT molecular complexity index is 1080. The van der Waals surface area contributed by atoms with Gasteiger partial charge < -0.3 is 10.2 Å². The predicted octanol–water partition coefficient (Wildman–Crippen LogP) is 6.86. The van der Waals surface area contributed by atoms with Gasteiger partial charge in [0.2, 0.25) is 11.0 Å². The second-order valence-electron chi connectivity index (χ2n) is 8.52. The lowest BCUT2D eigenvalue weighted by atomic mass is 10.0. The minimum absolute atomic E-state index is 0.0434. The number of benzene rings is 2. The van der Waals surface area contributed by atoms with Crippen LogP contribution in [0.15, 0.2) is 48.5 Å². The maximum absolute atomic E-state index is 13.1. The first-order chi connectivity index (χ1) is 17.0. The number of carbonyl (C=O) groups excluding carboxylic acids is 2. The molecule has 35 heavy (non-hydrogen) atoms. The van der Waals surface area contributed by atoms with Crippen molar-refractivity contribution in [1.82, 2.24) is 15.1 Å². The number of aromatic nitrogens is 2. The monoisotopic (exact) mass is 512 g/mol. The van der Waals surface area contributed by atoms with Gasteiger partial charge in [-0.1, -0.05) is 80.3 Å². The van der Waals surface area contributed by atoms with Gasteiger partial charge >= 0.3 is 0 Å². The van der Waals surface area contributed by atoms with Crippen molar-refractivity contribution in [2.24, 2.45) is 0 Å². The molecule has 1 aromatic heterocycles. The molecule has 0 radical (unpaired) electrons. The molecule has 1 heterocycles. The zero-order valence-electron chi connectivity index (χ0n) is 20.4. The largest absolute Gasteiger partial charge is 0.338 e. The fraction of sp³-hybridized carbons (Fsp3) is 0.407. The molecule has 0 fully saturated rings. The number of nitrogens with one attached hydrogen (secondary N) is 1. The molecular formula is C27H33ClN4O2S. The van der Waals surface area contributed by atoms with Gasteiger partial charge in [-0.25, -0.2) is 0 Å². The summed E-state index contributed by atoms with van der Waals surface area (Å²) in [6, 6.07) is 15.2. The minimum atomic E-state index is -0.194. The SMILES string of the molecule is CCCCCCc1ccc(C(=O)N(CCC)CCC(=O)Nc2nnc(-c3ccc(Cl)cc3)s2)cc1. The normalized spacial score (nSPS) is 10.8. The number of carbonyl (C=O) groups is 2. The van der Waals surface area contributed by atoms with Gasteiger partial charge in [-0.15, -0.1) is 10.2 Å². The van der Waals surface area contributed by atoms with Crippen molar-refractivity contribution in [2.45, 2.75) is 58.8 Å². The maximum atomic E-state index is 13.1. The average molecular weight is 513 g/mol. The molecule has 2 amide bonds. The third-order valence-corrected chi connectivity index (χ3v) is 6.81. The standard InChI is InChI=1S/C27H33ClN4O2S/c1-3-5-6-7-8-20-9-11-22(12-10-20)26(34)32(18-4-2)19-17-24(33)29-27-31-30-25(35-27)21-13-15-23(28)16-14-21/h9-16H,3-8,17-19H2,1-2H3,(H,29,31,33). The fourth-order valence-electron chi connectivity index (χ4n) is 3.74. The van der Waals surface area contributed by atoms with Gasteiger partial charge in [-0.3, -0.25) is 9.59 Å². The first-order valence-corrected chi connectivity index (χ1v) is 13.5. The molecule has 0 saturated heterocycles. The molecule has 0 bridgehead atoms. The summed E-state index contributed by atoms with van der Waals surface area (Å²) in [5.74, 6) is -0.238. The lowest BCUT2D eigenvalue weighted by Gasteiger charge is -2.22. The van der Waals surface area contributed by atoms with Crippen LogP contribution in [0.4, 0.5) is 5.13 Å². The van der Waals surface area contributed by atoms with E-state index in [2.05, 4.69) is 22.4 Å². The third kappa shape index (κ3) is 8.44. The van der Waals surface area contributed by atoms with E-state index in [1.54, 1.807) is 17.0 Å². The summed E-state index contributed by atoms with van der Waals surface area (Å²) in [6.07, 6.45) is 6.96. The van der Waals surface area contributed by atoms with Crippen LogP contribution in [0.5, 0.6) is 0 Å². The van der Waals surface area contributed by atoms with Crippen LogP contribution in [-0.4, -0.2) is 40.0 Å². The third-order valence-electron chi connectivity index (χ3n) is 5.67. The van der Waals surface area contributed by atoms with Gasteiger partial charge in [0, 0.05) is 35.7 Å². The number of amides is 2. The van der Waals surface area contributed by atoms with Gasteiger partial charge in [-0.05, 0) is 49.1 Å². The van der Waals surface area contributed by atoms with Crippen LogP contribution < -0.4 is 5.32 Å². The second-order valence-corrected chi connectivity index (χ2v) is 9.93. The van der Waals surface area contributed by atoms with Crippen LogP contribution in [0.1, 0.15) is 68.3 Å². The minimum Gasteiger partial charge on any atom is -0.338 e. The highest BCUT2D eigenvalue weighted by Crippen LogP contribution is 2.27. The number of unbranched alkanes of at least 4 members (excludes halogenated alkanes) is 3. The molecule has 8 heteroatoms. The topological polar surface area (TPSA) is 75.2 Å². The van der Waals surface area contributed by atoms with Gasteiger partial charge in [-0.2, -0.15) is 0 Å². The molecule has 0 saturated carbocycles. The van der Waals surface area contributed by atoms with E-state index in [0.29, 0.717) is 33.8 Å². The van der Waals surface area contributed by atoms with E-state index in [4.69, 9.17) is 11.6 Å². The van der Waals surface area contributed by atoms with E-state index in [9.17, 15) is 9.59 Å². The van der Waals surface area contributed by atoms with E-state index in [-0.39, 0.29) is 18.2 Å². The molecule has 186 valence electrons. The Morgan fingerprint density at radius 3 is 2.34 bits per heavy atom. The highest BCUT2D eigenvalue weighted by molar-refractivity contribution is 7.18. The van der Waals surface area contributed by atoms with Crippen LogP contribution in [0.2, 0.25) is 5.02 Å². The molecule has 6 nitrogen and oxygen atoms in total. The summed E-state index contributed by atoms with van der Waals surface area (Å²) in [5, 5.41) is 12.8. The molecule has 0 aliphatic heterocycles. The summed E-state index contributed by atoms with van der Waals surface area (Å²) < 4.78 is 0. The van der Waals surface area contributed by atoms with E-state index in [0.717, 1.165) is 18.4 Å². The van der Waals surface area contributed by atoms with Crippen molar-refractivity contribution in [3.63, 3.8) is 0 Å². The van der Waals surface area contributed by atoms with Crippen LogP contribution in [0.25, 0.3) is 10.6 Å². The molecule has 3 rings (SSSR count). The lowest BCUT2D eigenvalue weighted by Crippen LogP contribution is -2.34. The second kappa shape index (κ2) is 14.0. The molecular weight excluding hydrogens is 480 g/mol. The highest BCUT2D eigenvalue weighted by atomic mass is 35.5. The number of aryl methyl sites for hydroxylation is 1. The van der Waals surface area contributed by atoms with Crippen molar-refractivity contribution in [2.75, 3.05) is 18.4 Å².